The summed E-state index contributed by atoms with van der Waals surface area (Å²) >= 11 is 0. The summed E-state index contributed by atoms with van der Waals surface area (Å²) in [6, 6.07) is 3.86. The summed E-state index contributed by atoms with van der Waals surface area (Å²) < 4.78 is 24.3. The van der Waals surface area contributed by atoms with Crippen molar-refractivity contribution >= 4 is 5.69 Å². The van der Waals surface area contributed by atoms with Crippen molar-refractivity contribution in [3.63, 3.8) is 0 Å². The fourth-order valence-electron chi connectivity index (χ4n) is 0.907. The zero-order valence-corrected chi connectivity index (χ0v) is 7.54. The van der Waals surface area contributed by atoms with Crippen molar-refractivity contribution < 1.29 is 8.78 Å². The molecule has 1 N–H and O–H groups in total. The fourth-order valence-corrected chi connectivity index (χ4v) is 0.907. The van der Waals surface area contributed by atoms with Crippen LogP contribution in [0.15, 0.2) is 18.3 Å². The van der Waals surface area contributed by atoms with Crippen molar-refractivity contribution in [2.24, 2.45) is 0 Å². The first-order valence-electron chi connectivity index (χ1n) is 4.04. The molecule has 0 bridgehead atoms. The van der Waals surface area contributed by atoms with Crippen molar-refractivity contribution in [2.75, 3.05) is 5.32 Å². The van der Waals surface area contributed by atoms with Gasteiger partial charge in [-0.15, -0.1) is 0 Å². The first-order chi connectivity index (χ1) is 6.63. The number of nitrogens with one attached hydrogen (secondary N) is 1. The zero-order chi connectivity index (χ0) is 10.6. The first-order valence-corrected chi connectivity index (χ1v) is 4.04. The van der Waals surface area contributed by atoms with Crippen LogP contribution in [0, 0.1) is 11.3 Å². The lowest BCUT2D eigenvalue weighted by Crippen LogP contribution is -2.23. The quantitative estimate of drug-likeness (QED) is 0.806. The number of alkyl halides is 2. The second-order valence-electron chi connectivity index (χ2n) is 2.81. The van der Waals surface area contributed by atoms with Crippen LogP contribution in [0.1, 0.15) is 12.6 Å². The van der Waals surface area contributed by atoms with Crippen molar-refractivity contribution in [1.82, 2.24) is 4.98 Å². The summed E-state index contributed by atoms with van der Waals surface area (Å²) in [6.45, 7) is 1.37. The van der Waals surface area contributed by atoms with Gasteiger partial charge >= 0.3 is 0 Å². The Morgan fingerprint density at radius 1 is 1.57 bits per heavy atom. The van der Waals surface area contributed by atoms with E-state index in [-0.39, 0.29) is 5.69 Å². The molecule has 0 aliphatic heterocycles. The molecule has 1 unspecified atom stereocenters. The van der Waals surface area contributed by atoms with Crippen LogP contribution < -0.4 is 5.32 Å². The van der Waals surface area contributed by atoms with E-state index in [0.717, 1.165) is 0 Å². The Balaban J connectivity index is 2.73. The van der Waals surface area contributed by atoms with Gasteiger partial charge in [-0.1, -0.05) is 0 Å². The molecule has 0 spiro atoms. The Labute approximate surface area is 80.4 Å². The SMILES string of the molecule is CC(Nc1ccnc(C#N)c1)C(F)F. The number of hydrogen-bond donors (Lipinski definition) is 1. The minimum Gasteiger partial charge on any atom is -0.377 e. The van der Waals surface area contributed by atoms with E-state index in [0.29, 0.717) is 5.69 Å². The highest BCUT2D eigenvalue weighted by atomic mass is 19.3. The Hall–Kier alpha value is -1.70. The zero-order valence-electron chi connectivity index (χ0n) is 7.54. The molecule has 3 nitrogen and oxygen atoms in total. The van der Waals surface area contributed by atoms with Gasteiger partial charge in [0.1, 0.15) is 11.8 Å². The molecular weight excluding hydrogens is 188 g/mol. The minimum atomic E-state index is -2.44. The fraction of sp³-hybridized carbons (Fsp3) is 0.333. The standard InChI is InChI=1S/C9H9F2N3/c1-6(9(10)11)14-7-2-3-13-8(4-7)5-12/h2-4,6,9H,1H3,(H,13,14). The van der Waals surface area contributed by atoms with E-state index in [9.17, 15) is 8.78 Å². The highest BCUT2D eigenvalue weighted by molar-refractivity contribution is 5.46. The number of halogens is 2. The van der Waals surface area contributed by atoms with Crippen LogP contribution in [0.4, 0.5) is 14.5 Å². The molecular formula is C9H9F2N3. The van der Waals surface area contributed by atoms with Gasteiger partial charge in [-0.05, 0) is 19.1 Å². The van der Waals surface area contributed by atoms with Crippen LogP contribution in [-0.2, 0) is 0 Å². The molecule has 0 aliphatic carbocycles. The van der Waals surface area contributed by atoms with E-state index in [2.05, 4.69) is 10.3 Å². The molecule has 1 aromatic heterocycles. The second-order valence-corrected chi connectivity index (χ2v) is 2.81. The predicted molar refractivity (Wildman–Crippen MR) is 48.0 cm³/mol. The van der Waals surface area contributed by atoms with Crippen LogP contribution in [0.25, 0.3) is 0 Å². The average molecular weight is 197 g/mol. The molecule has 1 atom stereocenters. The molecule has 1 aromatic rings. The number of aromatic nitrogens is 1. The maximum Gasteiger partial charge on any atom is 0.258 e. The van der Waals surface area contributed by atoms with Gasteiger partial charge in [0, 0.05) is 11.9 Å². The van der Waals surface area contributed by atoms with Gasteiger partial charge in [-0.3, -0.25) is 0 Å². The van der Waals surface area contributed by atoms with Crippen LogP contribution in [0.5, 0.6) is 0 Å². The second kappa shape index (κ2) is 4.51. The van der Waals surface area contributed by atoms with E-state index in [1.165, 1.54) is 19.2 Å². The summed E-state index contributed by atoms with van der Waals surface area (Å²) in [6.07, 6.45) is -1.03. The number of rotatable bonds is 3. The Bertz CT molecular complexity index is 346. The maximum absolute atomic E-state index is 12.2. The van der Waals surface area contributed by atoms with Crippen molar-refractivity contribution in [1.29, 1.82) is 5.26 Å². The number of hydrogen-bond acceptors (Lipinski definition) is 3. The van der Waals surface area contributed by atoms with Crippen LogP contribution in [0.2, 0.25) is 0 Å². The van der Waals surface area contributed by atoms with Crippen molar-refractivity contribution in [3.8, 4) is 6.07 Å². The summed E-state index contributed by atoms with van der Waals surface area (Å²) in [4.78, 5) is 3.72. The van der Waals surface area contributed by atoms with E-state index in [1.807, 2.05) is 6.07 Å². The summed E-state index contributed by atoms with van der Waals surface area (Å²) in [5.41, 5.74) is 0.681. The summed E-state index contributed by atoms with van der Waals surface area (Å²) in [5, 5.41) is 11.1. The van der Waals surface area contributed by atoms with Gasteiger partial charge in [0.15, 0.2) is 0 Å². The molecule has 0 aromatic carbocycles. The largest absolute Gasteiger partial charge is 0.377 e. The van der Waals surface area contributed by atoms with Gasteiger partial charge in [0.25, 0.3) is 6.43 Å². The maximum atomic E-state index is 12.2. The highest BCUT2D eigenvalue weighted by Crippen LogP contribution is 2.11. The van der Waals surface area contributed by atoms with Gasteiger partial charge in [0.2, 0.25) is 0 Å². The Morgan fingerprint density at radius 3 is 2.86 bits per heavy atom. The Morgan fingerprint density at radius 2 is 2.29 bits per heavy atom. The number of anilines is 1. The lowest BCUT2D eigenvalue weighted by molar-refractivity contribution is 0.130. The highest BCUT2D eigenvalue weighted by Gasteiger charge is 2.13. The van der Waals surface area contributed by atoms with E-state index < -0.39 is 12.5 Å². The number of pyridine rings is 1. The van der Waals surface area contributed by atoms with Crippen molar-refractivity contribution in [3.05, 3.63) is 24.0 Å². The molecule has 0 radical (unpaired) electrons. The third-order valence-electron chi connectivity index (χ3n) is 1.65. The van der Waals surface area contributed by atoms with E-state index >= 15 is 0 Å². The first kappa shape index (κ1) is 10.4. The van der Waals surface area contributed by atoms with Crippen LogP contribution in [0.3, 0.4) is 0 Å². The number of nitriles is 1. The molecule has 0 saturated heterocycles. The Kier molecular flexibility index (Phi) is 3.35. The molecule has 1 heterocycles. The molecule has 0 aliphatic rings. The topological polar surface area (TPSA) is 48.7 Å². The monoisotopic (exact) mass is 197 g/mol. The lowest BCUT2D eigenvalue weighted by atomic mass is 10.3. The van der Waals surface area contributed by atoms with Gasteiger partial charge in [0.05, 0.1) is 6.04 Å². The molecule has 5 heteroatoms. The van der Waals surface area contributed by atoms with E-state index in [1.54, 1.807) is 6.07 Å². The third-order valence-corrected chi connectivity index (χ3v) is 1.65. The van der Waals surface area contributed by atoms with Crippen LogP contribution in [-0.4, -0.2) is 17.5 Å². The molecule has 1 rings (SSSR count). The lowest BCUT2D eigenvalue weighted by Gasteiger charge is -2.13. The summed E-state index contributed by atoms with van der Waals surface area (Å²) in [5.74, 6) is 0. The molecule has 0 fully saturated rings. The van der Waals surface area contributed by atoms with E-state index in [4.69, 9.17) is 5.26 Å². The van der Waals surface area contributed by atoms with Gasteiger partial charge < -0.3 is 5.32 Å². The number of nitrogens with zero attached hydrogens (tertiary/aromatic N) is 2. The predicted octanol–water partition coefficient (Wildman–Crippen LogP) is 2.02. The smallest absolute Gasteiger partial charge is 0.258 e. The third kappa shape index (κ3) is 2.66. The van der Waals surface area contributed by atoms with Gasteiger partial charge in [-0.25, -0.2) is 13.8 Å². The van der Waals surface area contributed by atoms with Crippen molar-refractivity contribution in [2.45, 2.75) is 19.4 Å². The molecule has 14 heavy (non-hydrogen) atoms. The van der Waals surface area contributed by atoms with Crippen LogP contribution >= 0.6 is 0 Å². The molecule has 0 saturated carbocycles. The minimum absolute atomic E-state index is 0.205. The molecule has 0 amide bonds. The normalized spacial score (nSPS) is 12.2. The van der Waals surface area contributed by atoms with Gasteiger partial charge in [-0.2, -0.15) is 5.26 Å². The average Bonchev–Trinajstić information content (AvgIpc) is 2.18. The molecule has 74 valence electrons. The summed E-state index contributed by atoms with van der Waals surface area (Å²) in [7, 11) is 0.